The molecular formula is C18H19F2N7O2. The third kappa shape index (κ3) is 4.81. The zero-order chi connectivity index (χ0) is 21.0. The van der Waals surface area contributed by atoms with Crippen molar-refractivity contribution in [1.29, 1.82) is 0 Å². The molecule has 0 aliphatic heterocycles. The summed E-state index contributed by atoms with van der Waals surface area (Å²) in [6, 6.07) is 3.69. The topological polar surface area (TPSA) is 107 Å². The van der Waals surface area contributed by atoms with E-state index in [0.29, 0.717) is 28.6 Å². The lowest BCUT2D eigenvalue weighted by Crippen LogP contribution is -2.33. The van der Waals surface area contributed by atoms with E-state index in [1.807, 2.05) is 0 Å². The minimum atomic E-state index is -2.91. The van der Waals surface area contributed by atoms with Crippen LogP contribution in [-0.2, 0) is 0 Å². The molecule has 0 aliphatic carbocycles. The van der Waals surface area contributed by atoms with Crippen LogP contribution in [0.3, 0.4) is 0 Å². The Morgan fingerprint density at radius 3 is 2.55 bits per heavy atom. The fourth-order valence-corrected chi connectivity index (χ4v) is 2.67. The van der Waals surface area contributed by atoms with Crippen molar-refractivity contribution in [1.82, 2.24) is 30.0 Å². The Morgan fingerprint density at radius 1 is 1.14 bits per heavy atom. The van der Waals surface area contributed by atoms with Crippen LogP contribution in [0.4, 0.5) is 19.3 Å². The van der Waals surface area contributed by atoms with Gasteiger partial charge in [0.05, 0.1) is 6.04 Å². The van der Waals surface area contributed by atoms with Gasteiger partial charge in [0.15, 0.2) is 5.82 Å². The zero-order valence-electron chi connectivity index (χ0n) is 15.9. The van der Waals surface area contributed by atoms with Crippen LogP contribution in [0.1, 0.15) is 29.9 Å². The van der Waals surface area contributed by atoms with Crippen LogP contribution >= 0.6 is 0 Å². The zero-order valence-corrected chi connectivity index (χ0v) is 15.9. The number of amides is 2. The molecule has 3 rings (SSSR count). The second-order valence-electron chi connectivity index (χ2n) is 6.21. The van der Waals surface area contributed by atoms with Gasteiger partial charge in [0.25, 0.3) is 5.95 Å². The Morgan fingerprint density at radius 2 is 1.86 bits per heavy atom. The highest BCUT2D eigenvalue weighted by Gasteiger charge is 2.19. The summed E-state index contributed by atoms with van der Waals surface area (Å²) in [5.74, 6) is 0.836. The largest absolute Gasteiger partial charge is 0.435 e. The molecule has 1 aromatic carbocycles. The van der Waals surface area contributed by atoms with Crippen molar-refractivity contribution >= 4 is 11.7 Å². The Hall–Kier alpha value is -3.63. The number of rotatable bonds is 6. The third-order valence-corrected chi connectivity index (χ3v) is 4.04. The number of nitrogens with zero attached hydrogens (tertiary/aromatic N) is 5. The number of alkyl halides is 2. The predicted octanol–water partition coefficient (Wildman–Crippen LogP) is 3.16. The third-order valence-electron chi connectivity index (χ3n) is 4.04. The van der Waals surface area contributed by atoms with E-state index in [4.69, 9.17) is 0 Å². The Kier molecular flexibility index (Phi) is 5.96. The maximum absolute atomic E-state index is 12.5. The van der Waals surface area contributed by atoms with Crippen molar-refractivity contribution < 1.29 is 18.3 Å². The first-order chi connectivity index (χ1) is 13.8. The molecule has 2 N–H and O–H groups in total. The average Bonchev–Trinajstić information content (AvgIpc) is 3.16. The quantitative estimate of drug-likeness (QED) is 0.655. The molecular weight excluding hydrogens is 384 g/mol. The molecule has 0 saturated heterocycles. The maximum atomic E-state index is 12.5. The molecule has 0 saturated carbocycles. The first-order valence-corrected chi connectivity index (χ1v) is 8.66. The number of carbonyl (C=O) groups is 1. The van der Waals surface area contributed by atoms with Crippen LogP contribution < -0.4 is 15.4 Å². The molecule has 11 heteroatoms. The minimum Gasteiger partial charge on any atom is -0.435 e. The van der Waals surface area contributed by atoms with Gasteiger partial charge in [-0.15, -0.1) is 0 Å². The van der Waals surface area contributed by atoms with Gasteiger partial charge in [0.2, 0.25) is 0 Å². The van der Waals surface area contributed by atoms with Crippen molar-refractivity contribution in [3.8, 4) is 11.7 Å². The molecule has 152 valence electrons. The van der Waals surface area contributed by atoms with E-state index in [1.165, 1.54) is 17.1 Å². The smallest absolute Gasteiger partial charge is 0.387 e. The van der Waals surface area contributed by atoms with Gasteiger partial charge in [-0.05, 0) is 50.1 Å². The van der Waals surface area contributed by atoms with Crippen LogP contribution in [0.2, 0.25) is 0 Å². The number of hydrogen-bond donors (Lipinski definition) is 2. The lowest BCUT2D eigenvalue weighted by atomic mass is 10.1. The van der Waals surface area contributed by atoms with Crippen LogP contribution in [-0.4, -0.2) is 37.4 Å². The van der Waals surface area contributed by atoms with Gasteiger partial charge in [-0.3, -0.25) is 0 Å². The monoisotopic (exact) mass is 403 g/mol. The molecule has 3 aromatic rings. The van der Waals surface area contributed by atoms with Gasteiger partial charge in [-0.1, -0.05) is 0 Å². The molecule has 1 atom stereocenters. The number of benzene rings is 1. The number of nitrogens with one attached hydrogen (secondary N) is 2. The highest BCUT2D eigenvalue weighted by molar-refractivity contribution is 5.90. The van der Waals surface area contributed by atoms with E-state index in [-0.39, 0.29) is 5.75 Å². The summed E-state index contributed by atoms with van der Waals surface area (Å²) in [5, 5.41) is 9.55. The SMILES string of the molecule is Cc1cc(OC(F)F)c(C)cc1NC(=O)N[C@@H](C)c1ncnn1-c1ncccn1. The standard InChI is InChI=1S/C18H19F2N7O2/c1-10-8-14(29-16(19)20)11(2)7-13(10)26-18(28)25-12(3)15-23-9-24-27(15)17-21-5-4-6-22-17/h4-9,12,16H,1-3H3,(H2,25,26,28)/t12-/m0/s1. The number of halogens is 2. The molecule has 0 bridgehead atoms. The maximum Gasteiger partial charge on any atom is 0.387 e. The summed E-state index contributed by atoms with van der Waals surface area (Å²) in [4.78, 5) is 24.8. The fraction of sp³-hybridized carbons (Fsp3) is 0.278. The van der Waals surface area contributed by atoms with Crippen molar-refractivity contribution in [2.75, 3.05) is 5.32 Å². The van der Waals surface area contributed by atoms with E-state index < -0.39 is 18.7 Å². The summed E-state index contributed by atoms with van der Waals surface area (Å²) in [5.41, 5.74) is 1.52. The van der Waals surface area contributed by atoms with Gasteiger partial charge in [0.1, 0.15) is 12.1 Å². The summed E-state index contributed by atoms with van der Waals surface area (Å²) in [6.45, 7) is 2.12. The summed E-state index contributed by atoms with van der Waals surface area (Å²) in [7, 11) is 0. The molecule has 2 amide bonds. The van der Waals surface area contributed by atoms with Crippen molar-refractivity contribution in [3.63, 3.8) is 0 Å². The van der Waals surface area contributed by atoms with E-state index >= 15 is 0 Å². The number of carbonyl (C=O) groups excluding carboxylic acids is 1. The van der Waals surface area contributed by atoms with Crippen molar-refractivity contribution in [2.45, 2.75) is 33.4 Å². The second-order valence-corrected chi connectivity index (χ2v) is 6.21. The molecule has 0 fully saturated rings. The van der Waals surface area contributed by atoms with E-state index in [0.717, 1.165) is 0 Å². The Bertz CT molecular complexity index is 995. The van der Waals surface area contributed by atoms with Gasteiger partial charge in [-0.25, -0.2) is 19.7 Å². The first kappa shape index (κ1) is 20.1. The number of ether oxygens (including phenoxy) is 1. The molecule has 29 heavy (non-hydrogen) atoms. The number of hydrogen-bond acceptors (Lipinski definition) is 6. The fourth-order valence-electron chi connectivity index (χ4n) is 2.67. The van der Waals surface area contributed by atoms with Gasteiger partial charge < -0.3 is 15.4 Å². The Labute approximate surface area is 165 Å². The van der Waals surface area contributed by atoms with Crippen LogP contribution in [0.5, 0.6) is 5.75 Å². The molecule has 0 aliphatic rings. The molecule has 9 nitrogen and oxygen atoms in total. The van der Waals surface area contributed by atoms with Crippen molar-refractivity contribution in [3.05, 3.63) is 53.9 Å². The predicted molar refractivity (Wildman–Crippen MR) is 100 cm³/mol. The van der Waals surface area contributed by atoms with Crippen LogP contribution in [0.15, 0.2) is 36.9 Å². The second kappa shape index (κ2) is 8.59. The molecule has 2 aromatic heterocycles. The number of aryl methyl sites for hydroxylation is 2. The van der Waals surface area contributed by atoms with Crippen LogP contribution in [0, 0.1) is 13.8 Å². The van der Waals surface area contributed by atoms with E-state index in [1.54, 1.807) is 45.3 Å². The molecule has 0 spiro atoms. The summed E-state index contributed by atoms with van der Waals surface area (Å²) < 4.78 is 30.8. The first-order valence-electron chi connectivity index (χ1n) is 8.66. The lowest BCUT2D eigenvalue weighted by Gasteiger charge is -2.17. The Balaban J connectivity index is 1.71. The summed E-state index contributed by atoms with van der Waals surface area (Å²) in [6.07, 6.45) is 4.49. The highest BCUT2D eigenvalue weighted by atomic mass is 19.3. The minimum absolute atomic E-state index is 0.0628. The lowest BCUT2D eigenvalue weighted by molar-refractivity contribution is -0.0503. The molecule has 0 radical (unpaired) electrons. The van der Waals surface area contributed by atoms with Crippen LogP contribution in [0.25, 0.3) is 5.95 Å². The number of anilines is 1. The van der Waals surface area contributed by atoms with Crippen molar-refractivity contribution in [2.24, 2.45) is 0 Å². The highest BCUT2D eigenvalue weighted by Crippen LogP contribution is 2.27. The van der Waals surface area contributed by atoms with E-state index in [2.05, 4.69) is 35.4 Å². The number of aromatic nitrogens is 5. The normalized spacial score (nSPS) is 11.9. The van der Waals surface area contributed by atoms with Gasteiger partial charge in [0, 0.05) is 18.1 Å². The average molecular weight is 403 g/mol. The number of urea groups is 1. The molecule has 0 unspecified atom stereocenters. The van der Waals surface area contributed by atoms with Gasteiger partial charge in [-0.2, -0.15) is 18.6 Å². The van der Waals surface area contributed by atoms with E-state index in [9.17, 15) is 13.6 Å². The van der Waals surface area contributed by atoms with Gasteiger partial charge >= 0.3 is 12.6 Å². The summed E-state index contributed by atoms with van der Waals surface area (Å²) >= 11 is 0. The molecule has 2 heterocycles.